The molecule has 3 rings (SSSR count). The topological polar surface area (TPSA) is 50.9 Å². The standard InChI is InChI=1S/C12H14FN3S/c13-7-5-11-10(6-8(7)14)16-12(17-11)9-3-1-2-4-15-9/h5-6,9,15H,1-4,14H2. The third-order valence-electron chi connectivity index (χ3n) is 3.13. The van der Waals surface area contributed by atoms with E-state index in [1.54, 1.807) is 17.4 Å². The van der Waals surface area contributed by atoms with Crippen LogP contribution >= 0.6 is 11.3 Å². The molecule has 1 aliphatic rings. The molecule has 90 valence electrons. The number of nitrogens with zero attached hydrogens (tertiary/aromatic N) is 1. The van der Waals surface area contributed by atoms with Crippen molar-refractivity contribution in [2.24, 2.45) is 0 Å². The number of hydrogen-bond donors (Lipinski definition) is 2. The van der Waals surface area contributed by atoms with Crippen LogP contribution in [-0.2, 0) is 0 Å². The largest absolute Gasteiger partial charge is 0.396 e. The first kappa shape index (κ1) is 10.9. The maximum Gasteiger partial charge on any atom is 0.147 e. The first-order chi connectivity index (χ1) is 8.24. The third-order valence-corrected chi connectivity index (χ3v) is 4.26. The highest BCUT2D eigenvalue weighted by Crippen LogP contribution is 2.32. The van der Waals surface area contributed by atoms with Crippen molar-refractivity contribution in [1.82, 2.24) is 10.3 Å². The van der Waals surface area contributed by atoms with Crippen LogP contribution in [0.1, 0.15) is 30.3 Å². The molecule has 0 amide bonds. The molecule has 2 heterocycles. The normalized spacial score (nSPS) is 20.9. The number of thiazole rings is 1. The number of halogens is 1. The summed E-state index contributed by atoms with van der Waals surface area (Å²) in [5.74, 6) is -0.357. The average Bonchev–Trinajstić information content (AvgIpc) is 2.74. The summed E-state index contributed by atoms with van der Waals surface area (Å²) < 4.78 is 14.2. The Kier molecular flexibility index (Phi) is 2.72. The van der Waals surface area contributed by atoms with E-state index >= 15 is 0 Å². The molecule has 5 heteroatoms. The lowest BCUT2D eigenvalue weighted by Crippen LogP contribution is -2.26. The molecular weight excluding hydrogens is 237 g/mol. The van der Waals surface area contributed by atoms with Gasteiger partial charge in [0.1, 0.15) is 10.8 Å². The van der Waals surface area contributed by atoms with Gasteiger partial charge in [-0.15, -0.1) is 11.3 Å². The monoisotopic (exact) mass is 251 g/mol. The van der Waals surface area contributed by atoms with E-state index in [4.69, 9.17) is 5.73 Å². The van der Waals surface area contributed by atoms with Gasteiger partial charge in [-0.3, -0.25) is 0 Å². The predicted octanol–water partition coefficient (Wildman–Crippen LogP) is 2.83. The Morgan fingerprint density at radius 1 is 1.41 bits per heavy atom. The Morgan fingerprint density at radius 3 is 3.06 bits per heavy atom. The van der Waals surface area contributed by atoms with Crippen LogP contribution in [0.25, 0.3) is 10.2 Å². The van der Waals surface area contributed by atoms with Crippen molar-refractivity contribution < 1.29 is 4.39 Å². The van der Waals surface area contributed by atoms with Crippen molar-refractivity contribution in [1.29, 1.82) is 0 Å². The first-order valence-electron chi connectivity index (χ1n) is 5.83. The van der Waals surface area contributed by atoms with Crippen molar-refractivity contribution in [2.75, 3.05) is 12.3 Å². The summed E-state index contributed by atoms with van der Waals surface area (Å²) >= 11 is 1.56. The molecule has 17 heavy (non-hydrogen) atoms. The molecule has 0 radical (unpaired) electrons. The van der Waals surface area contributed by atoms with E-state index in [1.165, 1.54) is 18.9 Å². The second-order valence-corrected chi connectivity index (χ2v) is 5.46. The van der Waals surface area contributed by atoms with E-state index in [-0.39, 0.29) is 11.5 Å². The van der Waals surface area contributed by atoms with Crippen LogP contribution in [0.3, 0.4) is 0 Å². The zero-order chi connectivity index (χ0) is 11.8. The number of aromatic nitrogens is 1. The van der Waals surface area contributed by atoms with Gasteiger partial charge in [0.05, 0.1) is 21.9 Å². The van der Waals surface area contributed by atoms with Gasteiger partial charge < -0.3 is 11.1 Å². The quantitative estimate of drug-likeness (QED) is 0.766. The number of nitrogen functional groups attached to an aromatic ring is 1. The molecule has 0 bridgehead atoms. The lowest BCUT2D eigenvalue weighted by molar-refractivity contribution is 0.411. The van der Waals surface area contributed by atoms with E-state index in [0.29, 0.717) is 6.04 Å². The Bertz CT molecular complexity index is 507. The van der Waals surface area contributed by atoms with Crippen LogP contribution in [-0.4, -0.2) is 11.5 Å². The Hall–Kier alpha value is -1.20. The van der Waals surface area contributed by atoms with Crippen LogP contribution in [0, 0.1) is 5.82 Å². The highest BCUT2D eigenvalue weighted by atomic mass is 32.1. The molecule has 1 unspecified atom stereocenters. The second kappa shape index (κ2) is 4.23. The highest BCUT2D eigenvalue weighted by molar-refractivity contribution is 7.18. The molecule has 1 atom stereocenters. The fourth-order valence-electron chi connectivity index (χ4n) is 2.19. The molecule has 1 aliphatic heterocycles. The number of piperidine rings is 1. The summed E-state index contributed by atoms with van der Waals surface area (Å²) in [6, 6.07) is 3.42. The van der Waals surface area contributed by atoms with Gasteiger partial charge in [-0.05, 0) is 31.5 Å². The summed E-state index contributed by atoms with van der Waals surface area (Å²) in [6.07, 6.45) is 3.56. The molecular formula is C12H14FN3S. The molecule has 0 spiro atoms. The SMILES string of the molecule is Nc1cc2nc(C3CCCCN3)sc2cc1F. The van der Waals surface area contributed by atoms with Gasteiger partial charge in [-0.25, -0.2) is 9.37 Å². The molecule has 1 aromatic carbocycles. The van der Waals surface area contributed by atoms with Gasteiger partial charge in [0.2, 0.25) is 0 Å². The molecule has 3 N–H and O–H groups in total. The average molecular weight is 251 g/mol. The fraction of sp³-hybridized carbons (Fsp3) is 0.417. The van der Waals surface area contributed by atoms with Crippen molar-refractivity contribution >= 4 is 27.2 Å². The minimum Gasteiger partial charge on any atom is -0.396 e. The number of anilines is 1. The van der Waals surface area contributed by atoms with Crippen molar-refractivity contribution in [3.63, 3.8) is 0 Å². The van der Waals surface area contributed by atoms with Crippen molar-refractivity contribution in [2.45, 2.75) is 25.3 Å². The number of fused-ring (bicyclic) bond motifs is 1. The molecule has 1 fully saturated rings. The Labute approximate surface area is 103 Å². The zero-order valence-corrected chi connectivity index (χ0v) is 10.2. The van der Waals surface area contributed by atoms with Crippen molar-refractivity contribution in [3.05, 3.63) is 23.0 Å². The van der Waals surface area contributed by atoms with E-state index in [2.05, 4.69) is 10.3 Å². The van der Waals surface area contributed by atoms with E-state index < -0.39 is 0 Å². The van der Waals surface area contributed by atoms with Crippen LogP contribution in [0.5, 0.6) is 0 Å². The second-order valence-electron chi connectivity index (χ2n) is 4.40. The minimum atomic E-state index is -0.357. The summed E-state index contributed by atoms with van der Waals surface area (Å²) in [5, 5.41) is 4.49. The summed E-state index contributed by atoms with van der Waals surface area (Å²) in [4.78, 5) is 4.55. The highest BCUT2D eigenvalue weighted by Gasteiger charge is 2.19. The van der Waals surface area contributed by atoms with Gasteiger partial charge >= 0.3 is 0 Å². The zero-order valence-electron chi connectivity index (χ0n) is 9.37. The van der Waals surface area contributed by atoms with Gasteiger partial charge in [0.25, 0.3) is 0 Å². The van der Waals surface area contributed by atoms with E-state index in [9.17, 15) is 4.39 Å². The smallest absolute Gasteiger partial charge is 0.147 e. The van der Waals surface area contributed by atoms with Crippen LogP contribution in [0.15, 0.2) is 12.1 Å². The number of rotatable bonds is 1. The van der Waals surface area contributed by atoms with Gasteiger partial charge in [-0.1, -0.05) is 6.42 Å². The van der Waals surface area contributed by atoms with E-state index in [0.717, 1.165) is 28.2 Å². The number of nitrogens with one attached hydrogen (secondary N) is 1. The van der Waals surface area contributed by atoms with Gasteiger partial charge in [0.15, 0.2) is 0 Å². The molecule has 3 nitrogen and oxygen atoms in total. The van der Waals surface area contributed by atoms with Gasteiger partial charge in [0, 0.05) is 0 Å². The van der Waals surface area contributed by atoms with Crippen molar-refractivity contribution in [3.8, 4) is 0 Å². The lowest BCUT2D eigenvalue weighted by atomic mass is 10.1. The molecule has 0 aliphatic carbocycles. The predicted molar refractivity (Wildman–Crippen MR) is 68.6 cm³/mol. The number of hydrogen-bond acceptors (Lipinski definition) is 4. The number of benzene rings is 1. The lowest BCUT2D eigenvalue weighted by Gasteiger charge is -2.20. The molecule has 0 saturated carbocycles. The van der Waals surface area contributed by atoms with Gasteiger partial charge in [-0.2, -0.15) is 0 Å². The summed E-state index contributed by atoms with van der Waals surface area (Å²) in [5.41, 5.74) is 6.52. The molecule has 2 aromatic rings. The maximum atomic E-state index is 13.3. The Morgan fingerprint density at radius 2 is 2.29 bits per heavy atom. The van der Waals surface area contributed by atoms with Crippen LogP contribution < -0.4 is 11.1 Å². The van der Waals surface area contributed by atoms with E-state index in [1.807, 2.05) is 0 Å². The fourth-order valence-corrected chi connectivity index (χ4v) is 3.28. The third kappa shape index (κ3) is 2.00. The maximum absolute atomic E-state index is 13.3. The molecule has 1 aromatic heterocycles. The Balaban J connectivity index is 2.00. The minimum absolute atomic E-state index is 0.172. The number of nitrogens with two attached hydrogens (primary N) is 1. The van der Waals surface area contributed by atoms with Crippen LogP contribution in [0.2, 0.25) is 0 Å². The summed E-state index contributed by atoms with van der Waals surface area (Å²) in [6.45, 7) is 1.04. The summed E-state index contributed by atoms with van der Waals surface area (Å²) in [7, 11) is 0. The molecule has 1 saturated heterocycles. The van der Waals surface area contributed by atoms with Crippen LogP contribution in [0.4, 0.5) is 10.1 Å². The first-order valence-corrected chi connectivity index (χ1v) is 6.64.